The molecule has 0 aromatic carbocycles. The fourth-order valence-corrected chi connectivity index (χ4v) is 3.67. The summed E-state index contributed by atoms with van der Waals surface area (Å²) in [5.41, 5.74) is 0. The van der Waals surface area contributed by atoms with Gasteiger partial charge in [-0.05, 0) is 37.2 Å². The highest BCUT2D eigenvalue weighted by molar-refractivity contribution is 7.99. The summed E-state index contributed by atoms with van der Waals surface area (Å²) in [6.07, 6.45) is 4.89. The highest BCUT2D eigenvalue weighted by Gasteiger charge is 2.23. The predicted octanol–water partition coefficient (Wildman–Crippen LogP) is 1.48. The number of carbonyl (C=O) groups is 1. The number of amides is 1. The summed E-state index contributed by atoms with van der Waals surface area (Å²) < 4.78 is 0. The summed E-state index contributed by atoms with van der Waals surface area (Å²) in [6.45, 7) is 3.55. The molecular weight excluding hydrogens is 220 g/mol. The van der Waals surface area contributed by atoms with Gasteiger partial charge in [0.15, 0.2) is 0 Å². The van der Waals surface area contributed by atoms with E-state index in [2.05, 4.69) is 17.1 Å². The Morgan fingerprint density at radius 2 is 1.69 bits per heavy atom. The number of hydrogen-bond acceptors (Lipinski definition) is 3. The van der Waals surface area contributed by atoms with Crippen LogP contribution in [0.1, 0.15) is 32.6 Å². The Kier molecular flexibility index (Phi) is 4.53. The molecule has 92 valence electrons. The lowest BCUT2D eigenvalue weighted by Gasteiger charge is -2.35. The van der Waals surface area contributed by atoms with Crippen LogP contribution >= 0.6 is 11.8 Å². The van der Waals surface area contributed by atoms with Gasteiger partial charge in [-0.3, -0.25) is 4.79 Å². The third-order valence-electron chi connectivity index (χ3n) is 3.63. The van der Waals surface area contributed by atoms with Gasteiger partial charge in [0.05, 0.1) is 0 Å². The van der Waals surface area contributed by atoms with E-state index in [9.17, 15) is 4.79 Å². The second-order valence-corrected chi connectivity index (χ2v) is 6.06. The maximum atomic E-state index is 11.2. The molecule has 0 aromatic heterocycles. The number of thioether (sulfide) groups is 1. The van der Waals surface area contributed by atoms with Gasteiger partial charge in [-0.15, -0.1) is 0 Å². The summed E-state index contributed by atoms with van der Waals surface area (Å²) in [5.74, 6) is 2.85. The van der Waals surface area contributed by atoms with E-state index in [1.807, 2.05) is 4.90 Å². The second-order valence-electron chi connectivity index (χ2n) is 4.83. The first-order valence-corrected chi connectivity index (χ1v) is 7.50. The molecule has 2 rings (SSSR count). The fourth-order valence-electron chi connectivity index (χ4n) is 2.56. The fraction of sp³-hybridized carbons (Fsp3) is 0.917. The first-order chi connectivity index (χ1) is 7.75. The molecule has 1 amide bonds. The van der Waals surface area contributed by atoms with Gasteiger partial charge in [0.1, 0.15) is 0 Å². The van der Waals surface area contributed by atoms with Crippen LogP contribution in [0.5, 0.6) is 0 Å². The Hall–Kier alpha value is -0.220. The summed E-state index contributed by atoms with van der Waals surface area (Å²) >= 11 is 2.07. The predicted molar refractivity (Wildman–Crippen MR) is 68.8 cm³/mol. The number of carbonyl (C=O) groups excluding carboxylic acids is 1. The van der Waals surface area contributed by atoms with Crippen molar-refractivity contribution in [3.63, 3.8) is 0 Å². The highest BCUT2D eigenvalue weighted by atomic mass is 32.2. The van der Waals surface area contributed by atoms with Gasteiger partial charge < -0.3 is 10.2 Å². The minimum atomic E-state index is 0.229. The second kappa shape index (κ2) is 5.92. The molecule has 1 N–H and O–H groups in total. The van der Waals surface area contributed by atoms with Gasteiger partial charge in [-0.25, -0.2) is 0 Å². The zero-order valence-electron chi connectivity index (χ0n) is 10.1. The summed E-state index contributed by atoms with van der Waals surface area (Å²) in [4.78, 5) is 13.2. The molecule has 0 atom stereocenters. The molecule has 0 spiro atoms. The maximum Gasteiger partial charge on any atom is 0.219 e. The zero-order chi connectivity index (χ0) is 11.4. The monoisotopic (exact) mass is 242 g/mol. The minimum absolute atomic E-state index is 0.229. The first-order valence-electron chi connectivity index (χ1n) is 6.35. The van der Waals surface area contributed by atoms with Crippen molar-refractivity contribution >= 4 is 17.7 Å². The van der Waals surface area contributed by atoms with Crippen molar-refractivity contribution in [3.05, 3.63) is 0 Å². The molecule has 0 unspecified atom stereocenters. The maximum absolute atomic E-state index is 11.2. The van der Waals surface area contributed by atoms with Crippen LogP contribution in [0.4, 0.5) is 0 Å². The van der Waals surface area contributed by atoms with Crippen LogP contribution in [-0.4, -0.2) is 47.5 Å². The van der Waals surface area contributed by atoms with Crippen molar-refractivity contribution in [2.75, 3.05) is 24.6 Å². The molecule has 0 saturated carbocycles. The van der Waals surface area contributed by atoms with Crippen molar-refractivity contribution in [2.24, 2.45) is 0 Å². The van der Waals surface area contributed by atoms with Gasteiger partial charge in [0.2, 0.25) is 5.91 Å². The van der Waals surface area contributed by atoms with Crippen LogP contribution in [0.2, 0.25) is 0 Å². The average molecular weight is 242 g/mol. The number of hydrogen-bond donors (Lipinski definition) is 1. The molecule has 0 aliphatic carbocycles. The van der Waals surface area contributed by atoms with E-state index in [0.29, 0.717) is 6.04 Å². The van der Waals surface area contributed by atoms with Crippen LogP contribution in [0.15, 0.2) is 0 Å². The van der Waals surface area contributed by atoms with Gasteiger partial charge in [-0.1, -0.05) is 0 Å². The quantitative estimate of drug-likeness (QED) is 0.796. The molecule has 2 heterocycles. The van der Waals surface area contributed by atoms with Crippen LogP contribution < -0.4 is 5.32 Å². The van der Waals surface area contributed by atoms with Crippen LogP contribution in [0.3, 0.4) is 0 Å². The van der Waals surface area contributed by atoms with E-state index in [4.69, 9.17) is 0 Å². The number of rotatable bonds is 2. The van der Waals surface area contributed by atoms with Crippen molar-refractivity contribution in [1.82, 2.24) is 10.2 Å². The van der Waals surface area contributed by atoms with E-state index in [1.165, 1.54) is 24.3 Å². The third-order valence-corrected chi connectivity index (χ3v) is 4.68. The summed E-state index contributed by atoms with van der Waals surface area (Å²) in [6, 6.07) is 1.37. The lowest BCUT2D eigenvalue weighted by atomic mass is 10.0. The Labute approximate surface area is 102 Å². The largest absolute Gasteiger partial charge is 0.343 e. The van der Waals surface area contributed by atoms with Crippen molar-refractivity contribution in [3.8, 4) is 0 Å². The molecule has 2 aliphatic heterocycles. The molecule has 16 heavy (non-hydrogen) atoms. The average Bonchev–Trinajstić information content (AvgIpc) is 2.31. The number of nitrogens with zero attached hydrogens (tertiary/aromatic N) is 1. The molecular formula is C12H22N2OS. The summed E-state index contributed by atoms with van der Waals surface area (Å²) in [7, 11) is 0. The van der Waals surface area contributed by atoms with Gasteiger partial charge in [0, 0.05) is 32.1 Å². The van der Waals surface area contributed by atoms with Crippen molar-refractivity contribution < 1.29 is 4.79 Å². The van der Waals surface area contributed by atoms with E-state index >= 15 is 0 Å². The third kappa shape index (κ3) is 3.39. The smallest absolute Gasteiger partial charge is 0.219 e. The number of likely N-dealkylation sites (tertiary alicyclic amines) is 1. The van der Waals surface area contributed by atoms with E-state index in [1.54, 1.807) is 6.92 Å². The van der Waals surface area contributed by atoms with E-state index < -0.39 is 0 Å². The lowest BCUT2D eigenvalue weighted by molar-refractivity contribution is -0.129. The number of piperidine rings is 1. The Morgan fingerprint density at radius 3 is 2.25 bits per heavy atom. The highest BCUT2D eigenvalue weighted by Crippen LogP contribution is 2.19. The van der Waals surface area contributed by atoms with Gasteiger partial charge >= 0.3 is 0 Å². The Bertz CT molecular complexity index is 233. The number of nitrogens with one attached hydrogen (secondary N) is 1. The first kappa shape index (κ1) is 12.2. The van der Waals surface area contributed by atoms with E-state index in [0.717, 1.165) is 32.0 Å². The SMILES string of the molecule is CC(=O)N1CCC(NC2CCSCC2)CC1. The van der Waals surface area contributed by atoms with E-state index in [-0.39, 0.29) is 5.91 Å². The normalized spacial score (nSPS) is 24.7. The molecule has 0 radical (unpaired) electrons. The standard InChI is InChI=1S/C12H22N2OS/c1-10(15)14-6-2-11(3-7-14)13-12-4-8-16-9-5-12/h11-13H,2-9H2,1H3. The molecule has 2 saturated heterocycles. The zero-order valence-corrected chi connectivity index (χ0v) is 10.9. The topological polar surface area (TPSA) is 32.3 Å². The van der Waals surface area contributed by atoms with Crippen LogP contribution in [-0.2, 0) is 4.79 Å². The lowest BCUT2D eigenvalue weighted by Crippen LogP contribution is -2.48. The van der Waals surface area contributed by atoms with Crippen LogP contribution in [0.25, 0.3) is 0 Å². The molecule has 4 heteroatoms. The summed E-state index contributed by atoms with van der Waals surface area (Å²) in [5, 5.41) is 3.77. The van der Waals surface area contributed by atoms with Gasteiger partial charge in [-0.2, -0.15) is 11.8 Å². The molecule has 3 nitrogen and oxygen atoms in total. The molecule has 2 fully saturated rings. The van der Waals surface area contributed by atoms with Crippen LogP contribution in [0, 0.1) is 0 Å². The molecule has 0 aromatic rings. The van der Waals surface area contributed by atoms with Gasteiger partial charge in [0.25, 0.3) is 0 Å². The van der Waals surface area contributed by atoms with Crippen molar-refractivity contribution in [1.29, 1.82) is 0 Å². The van der Waals surface area contributed by atoms with Crippen molar-refractivity contribution in [2.45, 2.75) is 44.7 Å². The Morgan fingerprint density at radius 1 is 1.12 bits per heavy atom. The molecule has 0 bridgehead atoms. The minimum Gasteiger partial charge on any atom is -0.343 e. The molecule has 2 aliphatic rings. The Balaban J connectivity index is 1.70.